The van der Waals surface area contributed by atoms with Crippen LogP contribution in [0.4, 0.5) is 0 Å². The molecule has 1 rings (SSSR count). The number of amidine groups is 1. The number of rotatable bonds is 4. The Morgan fingerprint density at radius 1 is 1.36 bits per heavy atom. The molecule has 1 aliphatic rings. The molecular formula is C11H22N2S. The van der Waals surface area contributed by atoms with E-state index in [1.54, 1.807) is 0 Å². The largest absolute Gasteiger partial charge is 0.387 e. The number of nitrogens with two attached hydrogens (primary N) is 1. The lowest BCUT2D eigenvalue weighted by Gasteiger charge is -2.34. The van der Waals surface area contributed by atoms with Gasteiger partial charge in [0.1, 0.15) is 0 Å². The highest BCUT2D eigenvalue weighted by molar-refractivity contribution is 8.00. The molecule has 1 aliphatic carbocycles. The molecular weight excluding hydrogens is 192 g/mol. The van der Waals surface area contributed by atoms with Crippen molar-refractivity contribution in [3.05, 3.63) is 0 Å². The highest BCUT2D eigenvalue weighted by atomic mass is 32.2. The van der Waals surface area contributed by atoms with Crippen molar-refractivity contribution in [1.29, 1.82) is 0 Å². The van der Waals surface area contributed by atoms with E-state index in [0.29, 0.717) is 4.75 Å². The standard InChI is InChI=1S/C11H22N2S/c1-3-10(12)13-9-11(14-2)7-5-4-6-8-11/h3-9H2,1-2H3,(H2,12,13). The van der Waals surface area contributed by atoms with Crippen LogP contribution in [-0.4, -0.2) is 23.4 Å². The summed E-state index contributed by atoms with van der Waals surface area (Å²) in [6, 6.07) is 0. The van der Waals surface area contributed by atoms with E-state index in [-0.39, 0.29) is 0 Å². The minimum Gasteiger partial charge on any atom is -0.387 e. The first kappa shape index (κ1) is 11.9. The van der Waals surface area contributed by atoms with Crippen molar-refractivity contribution in [1.82, 2.24) is 0 Å². The summed E-state index contributed by atoms with van der Waals surface area (Å²) in [6.45, 7) is 2.99. The van der Waals surface area contributed by atoms with E-state index in [0.717, 1.165) is 18.8 Å². The quantitative estimate of drug-likeness (QED) is 0.577. The molecule has 82 valence electrons. The van der Waals surface area contributed by atoms with Gasteiger partial charge in [0.15, 0.2) is 0 Å². The van der Waals surface area contributed by atoms with Crippen LogP contribution in [0.2, 0.25) is 0 Å². The van der Waals surface area contributed by atoms with E-state index >= 15 is 0 Å². The maximum absolute atomic E-state index is 5.74. The second-order valence-corrected chi connectivity index (χ2v) is 5.38. The zero-order chi connectivity index (χ0) is 10.4. The lowest BCUT2D eigenvalue weighted by molar-refractivity contribution is 0.405. The average Bonchev–Trinajstić information content (AvgIpc) is 2.27. The Kier molecular flexibility index (Phi) is 4.79. The predicted molar refractivity (Wildman–Crippen MR) is 66.1 cm³/mol. The Labute approximate surface area is 91.7 Å². The van der Waals surface area contributed by atoms with Crippen LogP contribution in [0, 0.1) is 0 Å². The van der Waals surface area contributed by atoms with Gasteiger partial charge < -0.3 is 5.73 Å². The Morgan fingerprint density at radius 3 is 2.50 bits per heavy atom. The van der Waals surface area contributed by atoms with Gasteiger partial charge in [-0.1, -0.05) is 26.2 Å². The molecule has 0 spiro atoms. The van der Waals surface area contributed by atoms with E-state index in [9.17, 15) is 0 Å². The summed E-state index contributed by atoms with van der Waals surface area (Å²) < 4.78 is 0.401. The first-order valence-electron chi connectivity index (χ1n) is 5.56. The highest BCUT2D eigenvalue weighted by Gasteiger charge is 2.30. The van der Waals surface area contributed by atoms with Crippen molar-refractivity contribution in [2.24, 2.45) is 10.7 Å². The molecule has 0 unspecified atom stereocenters. The molecule has 0 bridgehead atoms. The maximum atomic E-state index is 5.74. The summed E-state index contributed by atoms with van der Waals surface area (Å²) in [5.74, 6) is 0.809. The molecule has 0 aromatic carbocycles. The molecule has 0 aliphatic heterocycles. The number of aliphatic imine (C=N–C) groups is 1. The molecule has 3 heteroatoms. The van der Waals surface area contributed by atoms with E-state index in [2.05, 4.69) is 18.2 Å². The molecule has 1 saturated carbocycles. The molecule has 0 aromatic rings. The summed E-state index contributed by atoms with van der Waals surface area (Å²) in [5.41, 5.74) is 5.74. The fourth-order valence-electron chi connectivity index (χ4n) is 1.98. The molecule has 0 heterocycles. The molecule has 14 heavy (non-hydrogen) atoms. The minimum absolute atomic E-state index is 0.401. The second kappa shape index (κ2) is 5.64. The fraction of sp³-hybridized carbons (Fsp3) is 0.909. The highest BCUT2D eigenvalue weighted by Crippen LogP contribution is 2.38. The molecule has 0 saturated heterocycles. The fourth-order valence-corrected chi connectivity index (χ4v) is 2.87. The SMILES string of the molecule is CCC(N)=NCC1(SC)CCCCC1. The van der Waals surface area contributed by atoms with Gasteiger partial charge in [0, 0.05) is 11.2 Å². The van der Waals surface area contributed by atoms with Crippen molar-refractivity contribution < 1.29 is 0 Å². The number of nitrogens with zero attached hydrogens (tertiary/aromatic N) is 1. The summed E-state index contributed by atoms with van der Waals surface area (Å²) in [6.07, 6.45) is 9.84. The molecule has 0 aromatic heterocycles. The number of hydrogen-bond acceptors (Lipinski definition) is 2. The van der Waals surface area contributed by atoms with Gasteiger partial charge in [-0.3, -0.25) is 4.99 Å². The summed E-state index contributed by atoms with van der Waals surface area (Å²) in [7, 11) is 0. The van der Waals surface area contributed by atoms with Crippen LogP contribution in [-0.2, 0) is 0 Å². The lowest BCUT2D eigenvalue weighted by Crippen LogP contribution is -2.32. The van der Waals surface area contributed by atoms with Gasteiger partial charge in [0.25, 0.3) is 0 Å². The van der Waals surface area contributed by atoms with Crippen LogP contribution in [0.1, 0.15) is 45.4 Å². The van der Waals surface area contributed by atoms with Gasteiger partial charge in [-0.05, 0) is 19.1 Å². The summed E-state index contributed by atoms with van der Waals surface area (Å²) in [5, 5.41) is 0. The van der Waals surface area contributed by atoms with E-state index in [4.69, 9.17) is 5.73 Å². The van der Waals surface area contributed by atoms with Gasteiger partial charge >= 0.3 is 0 Å². The molecule has 0 radical (unpaired) electrons. The molecule has 0 atom stereocenters. The minimum atomic E-state index is 0.401. The zero-order valence-electron chi connectivity index (χ0n) is 9.38. The Hall–Kier alpha value is -0.180. The third-order valence-corrected chi connectivity index (χ3v) is 4.53. The monoisotopic (exact) mass is 214 g/mol. The van der Waals surface area contributed by atoms with Crippen LogP contribution in [0.15, 0.2) is 4.99 Å². The first-order valence-corrected chi connectivity index (χ1v) is 6.79. The smallest absolute Gasteiger partial charge is 0.0934 e. The first-order chi connectivity index (χ1) is 6.72. The van der Waals surface area contributed by atoms with Crippen molar-refractivity contribution in [2.45, 2.75) is 50.2 Å². The summed E-state index contributed by atoms with van der Waals surface area (Å²) in [4.78, 5) is 4.48. The van der Waals surface area contributed by atoms with Crippen molar-refractivity contribution in [3.63, 3.8) is 0 Å². The van der Waals surface area contributed by atoms with Gasteiger partial charge in [-0.25, -0.2) is 0 Å². The molecule has 2 nitrogen and oxygen atoms in total. The molecule has 2 N–H and O–H groups in total. The van der Waals surface area contributed by atoms with Crippen LogP contribution in [0.3, 0.4) is 0 Å². The topological polar surface area (TPSA) is 38.4 Å². The van der Waals surface area contributed by atoms with E-state index in [1.165, 1.54) is 32.1 Å². The van der Waals surface area contributed by atoms with Gasteiger partial charge in [0.05, 0.1) is 12.4 Å². The maximum Gasteiger partial charge on any atom is 0.0934 e. The predicted octanol–water partition coefficient (Wildman–Crippen LogP) is 2.82. The van der Waals surface area contributed by atoms with E-state index in [1.807, 2.05) is 11.8 Å². The Bertz CT molecular complexity index is 195. The Morgan fingerprint density at radius 2 is 2.00 bits per heavy atom. The van der Waals surface area contributed by atoms with Crippen molar-refractivity contribution in [2.75, 3.05) is 12.8 Å². The average molecular weight is 214 g/mol. The number of thioether (sulfide) groups is 1. The normalized spacial score (nSPS) is 22.3. The van der Waals surface area contributed by atoms with Gasteiger partial charge in [0.2, 0.25) is 0 Å². The van der Waals surface area contributed by atoms with Crippen LogP contribution in [0.25, 0.3) is 0 Å². The van der Waals surface area contributed by atoms with Crippen LogP contribution < -0.4 is 5.73 Å². The molecule has 0 amide bonds. The summed E-state index contributed by atoms with van der Waals surface area (Å²) >= 11 is 1.98. The number of hydrogen-bond donors (Lipinski definition) is 1. The van der Waals surface area contributed by atoms with Gasteiger partial charge in [-0.2, -0.15) is 11.8 Å². The van der Waals surface area contributed by atoms with Crippen molar-refractivity contribution >= 4 is 17.6 Å². The zero-order valence-corrected chi connectivity index (χ0v) is 10.2. The molecule has 1 fully saturated rings. The third-order valence-electron chi connectivity index (χ3n) is 3.13. The Balaban J connectivity index is 2.52. The van der Waals surface area contributed by atoms with E-state index < -0.39 is 0 Å². The van der Waals surface area contributed by atoms with Crippen molar-refractivity contribution in [3.8, 4) is 0 Å². The lowest BCUT2D eigenvalue weighted by atomic mass is 9.88. The third kappa shape index (κ3) is 3.19. The van der Waals surface area contributed by atoms with Crippen LogP contribution in [0.5, 0.6) is 0 Å². The second-order valence-electron chi connectivity index (χ2n) is 4.11. The van der Waals surface area contributed by atoms with Gasteiger partial charge in [-0.15, -0.1) is 0 Å². The van der Waals surface area contributed by atoms with Crippen LogP contribution >= 0.6 is 11.8 Å².